The van der Waals surface area contributed by atoms with Crippen LogP contribution in [0.1, 0.15) is 6.42 Å². The van der Waals surface area contributed by atoms with Crippen LogP contribution < -0.4 is 5.73 Å². The van der Waals surface area contributed by atoms with Crippen molar-refractivity contribution in [1.29, 1.82) is 0 Å². The summed E-state index contributed by atoms with van der Waals surface area (Å²) in [5, 5.41) is 1.15. The number of aromatic nitrogens is 1. The molecule has 0 spiro atoms. The van der Waals surface area contributed by atoms with Gasteiger partial charge in [-0.25, -0.2) is 4.98 Å². The van der Waals surface area contributed by atoms with E-state index in [2.05, 4.69) is 9.72 Å². The molecule has 0 amide bonds. The number of rotatable bonds is 4. The first kappa shape index (κ1) is 13.5. The first-order valence-corrected chi connectivity index (χ1v) is 7.34. The number of hydrogen-bond acceptors (Lipinski definition) is 6. The van der Waals surface area contributed by atoms with E-state index in [1.807, 2.05) is 12.1 Å². The van der Waals surface area contributed by atoms with Crippen molar-refractivity contribution in [3.05, 3.63) is 17.2 Å². The fourth-order valence-corrected chi connectivity index (χ4v) is 3.57. The van der Waals surface area contributed by atoms with Gasteiger partial charge >= 0.3 is 5.97 Å². The molecule has 0 bridgehead atoms. The van der Waals surface area contributed by atoms with Crippen LogP contribution >= 0.6 is 34.7 Å². The molecule has 0 radical (unpaired) electrons. The first-order valence-electron chi connectivity index (χ1n) is 5.16. The lowest BCUT2D eigenvalue weighted by molar-refractivity contribution is -0.140. The Hall–Kier alpha value is -0.980. The van der Waals surface area contributed by atoms with Crippen molar-refractivity contribution in [1.82, 2.24) is 4.98 Å². The number of nitrogens with two attached hydrogens (primary N) is 1. The third kappa shape index (κ3) is 2.88. The van der Waals surface area contributed by atoms with Crippen LogP contribution in [0, 0.1) is 0 Å². The molecule has 0 aliphatic rings. The summed E-state index contributed by atoms with van der Waals surface area (Å²) in [7, 11) is 1.38. The highest BCUT2D eigenvalue weighted by atomic mass is 35.5. The fourth-order valence-electron chi connectivity index (χ4n) is 1.42. The lowest BCUT2D eigenvalue weighted by Crippen LogP contribution is -2.00. The van der Waals surface area contributed by atoms with E-state index in [0.29, 0.717) is 22.3 Å². The highest BCUT2D eigenvalue weighted by Crippen LogP contribution is 2.37. The van der Waals surface area contributed by atoms with Gasteiger partial charge in [0.05, 0.1) is 28.8 Å². The number of hydrogen-bond donors (Lipinski definition) is 1. The van der Waals surface area contributed by atoms with E-state index in [9.17, 15) is 4.79 Å². The van der Waals surface area contributed by atoms with Crippen LogP contribution in [-0.2, 0) is 9.53 Å². The van der Waals surface area contributed by atoms with Crippen LogP contribution in [0.15, 0.2) is 17.0 Å². The van der Waals surface area contributed by atoms with Gasteiger partial charge in [0, 0.05) is 10.6 Å². The Labute approximate surface area is 117 Å². The highest BCUT2D eigenvalue weighted by molar-refractivity contribution is 7.99. The predicted octanol–water partition coefficient (Wildman–Crippen LogP) is 3.19. The normalized spacial score (nSPS) is 10.8. The summed E-state index contributed by atoms with van der Waals surface area (Å²) in [4.78, 5) is 16.1. The molecule has 2 N–H and O–H groups in total. The Kier molecular flexibility index (Phi) is 4.31. The molecule has 0 saturated carbocycles. The lowest BCUT2D eigenvalue weighted by atomic mass is 10.3. The minimum Gasteiger partial charge on any atom is -0.469 e. The summed E-state index contributed by atoms with van der Waals surface area (Å²) in [6.07, 6.45) is 0.361. The number of benzene rings is 1. The van der Waals surface area contributed by atoms with Crippen LogP contribution in [0.3, 0.4) is 0 Å². The number of methoxy groups -OCH3 is 1. The summed E-state index contributed by atoms with van der Waals surface area (Å²) < 4.78 is 5.47. The Balaban J connectivity index is 2.13. The smallest absolute Gasteiger partial charge is 0.306 e. The zero-order valence-corrected chi connectivity index (χ0v) is 12.0. The van der Waals surface area contributed by atoms with Gasteiger partial charge in [0.25, 0.3) is 0 Å². The summed E-state index contributed by atoms with van der Waals surface area (Å²) in [5.41, 5.74) is 6.45. The van der Waals surface area contributed by atoms with Crippen LogP contribution in [0.2, 0.25) is 5.02 Å². The van der Waals surface area contributed by atoms with E-state index < -0.39 is 0 Å². The molecule has 0 aliphatic heterocycles. The number of nitrogens with zero attached hydrogens (tertiary/aromatic N) is 1. The van der Waals surface area contributed by atoms with E-state index in [1.165, 1.54) is 30.2 Å². The summed E-state index contributed by atoms with van der Waals surface area (Å²) in [5.74, 6) is 0.411. The Morgan fingerprint density at radius 1 is 1.61 bits per heavy atom. The van der Waals surface area contributed by atoms with Crippen LogP contribution in [0.25, 0.3) is 10.2 Å². The number of fused-ring (bicyclic) bond motifs is 1. The second-order valence-corrected chi connectivity index (χ2v) is 6.00. The first-order chi connectivity index (χ1) is 8.61. The number of thiazole rings is 1. The second kappa shape index (κ2) is 5.77. The van der Waals surface area contributed by atoms with E-state index in [-0.39, 0.29) is 5.97 Å². The fraction of sp³-hybridized carbons (Fsp3) is 0.273. The molecule has 1 heterocycles. The number of anilines is 1. The summed E-state index contributed by atoms with van der Waals surface area (Å²) in [6, 6.07) is 3.78. The minimum atomic E-state index is -0.221. The average Bonchev–Trinajstić information content (AvgIpc) is 2.73. The number of thioether (sulfide) groups is 1. The van der Waals surface area contributed by atoms with Gasteiger partial charge in [-0.1, -0.05) is 22.9 Å². The number of carbonyl (C=O) groups is 1. The van der Waals surface area contributed by atoms with Gasteiger partial charge in [0.2, 0.25) is 0 Å². The van der Waals surface area contributed by atoms with Crippen molar-refractivity contribution < 1.29 is 9.53 Å². The summed E-state index contributed by atoms with van der Waals surface area (Å²) in [6.45, 7) is 0. The zero-order chi connectivity index (χ0) is 13.1. The van der Waals surface area contributed by atoms with Crippen molar-refractivity contribution in [3.63, 3.8) is 0 Å². The monoisotopic (exact) mass is 302 g/mol. The Morgan fingerprint density at radius 3 is 3.11 bits per heavy atom. The van der Waals surface area contributed by atoms with Crippen molar-refractivity contribution in [3.8, 4) is 0 Å². The molecule has 2 rings (SSSR count). The van der Waals surface area contributed by atoms with Crippen molar-refractivity contribution in [2.45, 2.75) is 11.3 Å². The van der Waals surface area contributed by atoms with Gasteiger partial charge in [-0.05, 0) is 12.1 Å². The summed E-state index contributed by atoms with van der Waals surface area (Å²) >= 11 is 9.17. The van der Waals surface area contributed by atoms with E-state index >= 15 is 0 Å². The number of carbonyl (C=O) groups excluding carboxylic acids is 1. The molecular weight excluding hydrogens is 292 g/mol. The molecule has 0 saturated heterocycles. The second-order valence-electron chi connectivity index (χ2n) is 3.45. The molecule has 1 aromatic heterocycles. The Bertz CT molecular complexity index is 586. The van der Waals surface area contributed by atoms with Crippen LogP contribution in [0.5, 0.6) is 0 Å². The molecular formula is C11H11ClN2O2S2. The highest BCUT2D eigenvalue weighted by Gasteiger charge is 2.10. The minimum absolute atomic E-state index is 0.221. The molecule has 2 aromatic rings. The van der Waals surface area contributed by atoms with Gasteiger partial charge in [0.1, 0.15) is 0 Å². The number of nitrogen functional groups attached to an aromatic ring is 1. The number of halogens is 1. The van der Waals surface area contributed by atoms with Crippen molar-refractivity contribution in [2.75, 3.05) is 18.6 Å². The van der Waals surface area contributed by atoms with Crippen molar-refractivity contribution in [2.24, 2.45) is 0 Å². The molecule has 96 valence electrons. The van der Waals surface area contributed by atoms with Gasteiger partial charge in [0.15, 0.2) is 5.13 Å². The third-order valence-corrected chi connectivity index (χ3v) is 4.86. The number of esters is 1. The molecule has 0 fully saturated rings. The van der Waals surface area contributed by atoms with Crippen molar-refractivity contribution >= 4 is 56.0 Å². The quantitative estimate of drug-likeness (QED) is 0.694. The molecule has 1 aromatic carbocycles. The topological polar surface area (TPSA) is 65.2 Å². The maximum atomic E-state index is 11.0. The number of ether oxygens (including phenoxy) is 1. The van der Waals surface area contributed by atoms with Crippen LogP contribution in [0.4, 0.5) is 5.13 Å². The third-order valence-electron chi connectivity index (χ3n) is 2.27. The average molecular weight is 303 g/mol. The van der Waals surface area contributed by atoms with E-state index in [1.54, 1.807) is 0 Å². The SMILES string of the molecule is COC(=O)CCSc1ccc2nc(N)sc2c1Cl. The predicted molar refractivity (Wildman–Crippen MR) is 76.4 cm³/mol. The van der Waals surface area contributed by atoms with Gasteiger partial charge in [-0.3, -0.25) is 4.79 Å². The molecule has 4 nitrogen and oxygen atoms in total. The molecule has 0 atom stereocenters. The largest absolute Gasteiger partial charge is 0.469 e. The molecule has 0 unspecified atom stereocenters. The molecule has 0 aliphatic carbocycles. The zero-order valence-electron chi connectivity index (χ0n) is 9.60. The molecule has 7 heteroatoms. The van der Waals surface area contributed by atoms with Gasteiger partial charge in [-0.2, -0.15) is 0 Å². The van der Waals surface area contributed by atoms with E-state index in [0.717, 1.165) is 15.1 Å². The van der Waals surface area contributed by atoms with Crippen LogP contribution in [-0.4, -0.2) is 23.8 Å². The van der Waals surface area contributed by atoms with E-state index in [4.69, 9.17) is 17.3 Å². The maximum Gasteiger partial charge on any atom is 0.306 e. The standard InChI is InChI=1S/C11H11ClN2O2S2/c1-16-8(15)4-5-17-7-3-2-6-10(9(7)12)18-11(13)14-6/h2-3H,4-5H2,1H3,(H2,13,14). The lowest BCUT2D eigenvalue weighted by Gasteiger charge is -2.03. The van der Waals surface area contributed by atoms with Gasteiger partial charge in [-0.15, -0.1) is 11.8 Å². The maximum absolute atomic E-state index is 11.0. The Morgan fingerprint density at radius 2 is 2.39 bits per heavy atom. The van der Waals surface area contributed by atoms with Gasteiger partial charge < -0.3 is 10.5 Å². The molecule has 18 heavy (non-hydrogen) atoms.